The molecule has 1 aromatic carbocycles. The molecule has 0 N–H and O–H groups in total. The third kappa shape index (κ3) is 2.25. The second-order valence-corrected chi connectivity index (χ2v) is 3.56. The van der Waals surface area contributed by atoms with Gasteiger partial charge in [-0.3, -0.25) is 4.90 Å². The standard InChI is InChI=1S/C12H8F2N4/c1-18(7-15)12-16-5-9(6-17-12)8-2-3-10(13)11(14)4-8/h2-6H,1H3. The lowest BCUT2D eigenvalue weighted by atomic mass is 10.1. The molecule has 6 heteroatoms. The minimum atomic E-state index is -0.925. The summed E-state index contributed by atoms with van der Waals surface area (Å²) in [4.78, 5) is 9.10. The van der Waals surface area contributed by atoms with Crippen molar-refractivity contribution in [3.63, 3.8) is 0 Å². The van der Waals surface area contributed by atoms with Crippen molar-refractivity contribution in [2.75, 3.05) is 11.9 Å². The van der Waals surface area contributed by atoms with Crippen LogP contribution in [0.3, 0.4) is 0 Å². The van der Waals surface area contributed by atoms with Gasteiger partial charge in [0.15, 0.2) is 17.8 Å². The number of hydrogen-bond donors (Lipinski definition) is 0. The molecule has 0 aliphatic heterocycles. The topological polar surface area (TPSA) is 52.8 Å². The first-order chi connectivity index (χ1) is 8.61. The highest BCUT2D eigenvalue weighted by Gasteiger charge is 2.07. The molecular formula is C12H8F2N4. The van der Waals surface area contributed by atoms with Crippen LogP contribution in [0, 0.1) is 23.1 Å². The van der Waals surface area contributed by atoms with E-state index in [0.717, 1.165) is 12.1 Å². The molecule has 0 amide bonds. The largest absolute Gasteiger partial charge is 0.250 e. The van der Waals surface area contributed by atoms with Gasteiger partial charge in [0.1, 0.15) is 0 Å². The van der Waals surface area contributed by atoms with Gasteiger partial charge in [-0.2, -0.15) is 5.26 Å². The minimum absolute atomic E-state index is 0.240. The minimum Gasteiger partial charge on any atom is -0.250 e. The van der Waals surface area contributed by atoms with Crippen molar-refractivity contribution in [1.82, 2.24) is 9.97 Å². The molecule has 0 saturated heterocycles. The van der Waals surface area contributed by atoms with E-state index in [9.17, 15) is 8.78 Å². The first kappa shape index (κ1) is 11.9. The molecule has 0 atom stereocenters. The fourth-order valence-electron chi connectivity index (χ4n) is 1.36. The van der Waals surface area contributed by atoms with Crippen LogP contribution in [0.15, 0.2) is 30.6 Å². The van der Waals surface area contributed by atoms with Gasteiger partial charge in [0.05, 0.1) is 0 Å². The molecule has 0 bridgehead atoms. The highest BCUT2D eigenvalue weighted by Crippen LogP contribution is 2.20. The summed E-state index contributed by atoms with van der Waals surface area (Å²) in [6, 6.07) is 3.55. The summed E-state index contributed by atoms with van der Waals surface area (Å²) >= 11 is 0. The number of hydrogen-bond acceptors (Lipinski definition) is 4. The number of anilines is 1. The van der Waals surface area contributed by atoms with E-state index in [1.807, 2.05) is 6.19 Å². The smallest absolute Gasteiger partial charge is 0.238 e. The highest BCUT2D eigenvalue weighted by molar-refractivity contribution is 5.62. The second kappa shape index (κ2) is 4.75. The van der Waals surface area contributed by atoms with Gasteiger partial charge < -0.3 is 0 Å². The third-order valence-corrected chi connectivity index (χ3v) is 2.34. The van der Waals surface area contributed by atoms with Gasteiger partial charge >= 0.3 is 0 Å². The molecular weight excluding hydrogens is 238 g/mol. The molecule has 2 rings (SSSR count). The van der Waals surface area contributed by atoms with Crippen LogP contribution in [-0.2, 0) is 0 Å². The molecule has 4 nitrogen and oxygen atoms in total. The Bertz CT molecular complexity index is 604. The van der Waals surface area contributed by atoms with Crippen molar-refractivity contribution in [1.29, 1.82) is 5.26 Å². The molecule has 18 heavy (non-hydrogen) atoms. The van der Waals surface area contributed by atoms with E-state index in [1.54, 1.807) is 0 Å². The molecule has 0 spiro atoms. The SMILES string of the molecule is CN(C#N)c1ncc(-c2ccc(F)c(F)c2)cn1. The van der Waals surface area contributed by atoms with E-state index < -0.39 is 11.6 Å². The Hall–Kier alpha value is -2.55. The second-order valence-electron chi connectivity index (χ2n) is 3.56. The van der Waals surface area contributed by atoms with Crippen LogP contribution in [0.2, 0.25) is 0 Å². The van der Waals surface area contributed by atoms with Crippen molar-refractivity contribution in [2.45, 2.75) is 0 Å². The molecule has 0 saturated carbocycles. The molecule has 1 heterocycles. The number of rotatable bonds is 2. The quantitative estimate of drug-likeness (QED) is 0.602. The highest BCUT2D eigenvalue weighted by atomic mass is 19.2. The van der Waals surface area contributed by atoms with Crippen molar-refractivity contribution in [3.8, 4) is 17.3 Å². The average Bonchev–Trinajstić information content (AvgIpc) is 2.41. The fraction of sp³-hybridized carbons (Fsp3) is 0.0833. The third-order valence-electron chi connectivity index (χ3n) is 2.34. The summed E-state index contributed by atoms with van der Waals surface area (Å²) in [6.07, 6.45) is 4.75. The van der Waals surface area contributed by atoms with Gasteiger partial charge in [-0.05, 0) is 17.7 Å². The summed E-state index contributed by atoms with van der Waals surface area (Å²) in [5.41, 5.74) is 1.02. The van der Waals surface area contributed by atoms with Crippen molar-refractivity contribution in [3.05, 3.63) is 42.2 Å². The summed E-state index contributed by atoms with van der Waals surface area (Å²) in [5, 5.41) is 8.65. The number of aromatic nitrogens is 2. The summed E-state index contributed by atoms with van der Waals surface area (Å²) in [5.74, 6) is -1.59. The Morgan fingerprint density at radius 1 is 1.11 bits per heavy atom. The van der Waals surface area contributed by atoms with Crippen LogP contribution in [0.1, 0.15) is 0 Å². The Kier molecular flexibility index (Phi) is 3.15. The van der Waals surface area contributed by atoms with Gasteiger partial charge in [-0.15, -0.1) is 0 Å². The maximum absolute atomic E-state index is 13.1. The summed E-state index contributed by atoms with van der Waals surface area (Å²) in [7, 11) is 1.52. The fourth-order valence-corrected chi connectivity index (χ4v) is 1.36. The maximum atomic E-state index is 13.1. The zero-order valence-corrected chi connectivity index (χ0v) is 9.43. The Balaban J connectivity index is 2.35. The zero-order chi connectivity index (χ0) is 13.1. The number of nitriles is 1. The van der Waals surface area contributed by atoms with E-state index >= 15 is 0 Å². The van der Waals surface area contributed by atoms with E-state index in [2.05, 4.69) is 9.97 Å². The molecule has 0 aliphatic rings. The van der Waals surface area contributed by atoms with Crippen LogP contribution in [-0.4, -0.2) is 17.0 Å². The van der Waals surface area contributed by atoms with Crippen LogP contribution in [0.5, 0.6) is 0 Å². The Morgan fingerprint density at radius 2 is 1.78 bits per heavy atom. The molecule has 90 valence electrons. The van der Waals surface area contributed by atoms with Gasteiger partial charge in [0, 0.05) is 25.0 Å². The first-order valence-corrected chi connectivity index (χ1v) is 5.02. The number of benzene rings is 1. The van der Waals surface area contributed by atoms with Crippen molar-refractivity contribution < 1.29 is 8.78 Å². The summed E-state index contributed by atoms with van der Waals surface area (Å²) < 4.78 is 25.8. The van der Waals surface area contributed by atoms with E-state index in [-0.39, 0.29) is 5.95 Å². The van der Waals surface area contributed by atoms with Gasteiger partial charge in [-0.1, -0.05) is 6.07 Å². The van der Waals surface area contributed by atoms with Crippen molar-refractivity contribution in [2.24, 2.45) is 0 Å². The predicted molar refractivity (Wildman–Crippen MR) is 61.4 cm³/mol. The normalized spacial score (nSPS) is 9.89. The number of nitrogens with zero attached hydrogens (tertiary/aromatic N) is 4. The van der Waals surface area contributed by atoms with Gasteiger partial charge in [0.2, 0.25) is 5.95 Å². The predicted octanol–water partition coefficient (Wildman–Crippen LogP) is 2.34. The van der Waals surface area contributed by atoms with Crippen LogP contribution < -0.4 is 4.90 Å². The Morgan fingerprint density at radius 3 is 2.33 bits per heavy atom. The van der Waals surface area contributed by atoms with Crippen LogP contribution >= 0.6 is 0 Å². The maximum Gasteiger partial charge on any atom is 0.238 e. The summed E-state index contributed by atoms with van der Waals surface area (Å²) in [6.45, 7) is 0. The monoisotopic (exact) mass is 246 g/mol. The molecule has 1 aromatic heterocycles. The zero-order valence-electron chi connectivity index (χ0n) is 9.43. The molecule has 0 unspecified atom stereocenters. The van der Waals surface area contributed by atoms with Crippen molar-refractivity contribution >= 4 is 5.95 Å². The van der Waals surface area contributed by atoms with E-state index in [4.69, 9.17) is 5.26 Å². The van der Waals surface area contributed by atoms with Crippen LogP contribution in [0.4, 0.5) is 14.7 Å². The van der Waals surface area contributed by atoms with E-state index in [1.165, 1.54) is 30.4 Å². The molecule has 2 aromatic rings. The Labute approximate surface area is 102 Å². The molecule has 0 radical (unpaired) electrons. The van der Waals surface area contributed by atoms with Gasteiger partial charge in [-0.25, -0.2) is 18.7 Å². The molecule has 0 aliphatic carbocycles. The van der Waals surface area contributed by atoms with Gasteiger partial charge in [0.25, 0.3) is 0 Å². The number of halogens is 2. The van der Waals surface area contributed by atoms with Crippen LogP contribution in [0.25, 0.3) is 11.1 Å². The molecule has 0 fully saturated rings. The lowest BCUT2D eigenvalue weighted by Crippen LogP contribution is -2.11. The lowest BCUT2D eigenvalue weighted by molar-refractivity contribution is 0.509. The first-order valence-electron chi connectivity index (χ1n) is 5.02. The van der Waals surface area contributed by atoms with E-state index in [0.29, 0.717) is 11.1 Å². The average molecular weight is 246 g/mol. The lowest BCUT2D eigenvalue weighted by Gasteiger charge is -2.07.